The summed E-state index contributed by atoms with van der Waals surface area (Å²) in [7, 11) is -2.21. The Labute approximate surface area is 142 Å². The molecule has 0 aromatic heterocycles. The number of sulfonamides is 1. The van der Waals surface area contributed by atoms with Gasteiger partial charge in [0.15, 0.2) is 0 Å². The Kier molecular flexibility index (Phi) is 5.91. The van der Waals surface area contributed by atoms with Crippen molar-refractivity contribution < 1.29 is 13.2 Å². The van der Waals surface area contributed by atoms with Crippen molar-refractivity contribution in [3.8, 4) is 5.75 Å². The van der Waals surface area contributed by atoms with E-state index in [4.69, 9.17) is 16.3 Å². The first kappa shape index (κ1) is 17.6. The highest BCUT2D eigenvalue weighted by atomic mass is 35.5. The molecule has 0 aliphatic carbocycles. The number of hydrogen-bond donors (Lipinski definition) is 1. The highest BCUT2D eigenvalue weighted by molar-refractivity contribution is 7.92. The van der Waals surface area contributed by atoms with Gasteiger partial charge in [-0.15, -0.1) is 0 Å². The van der Waals surface area contributed by atoms with Crippen LogP contribution in [0.2, 0.25) is 5.02 Å². The van der Waals surface area contributed by atoms with Crippen molar-refractivity contribution in [2.45, 2.75) is 31.1 Å². The molecule has 0 saturated heterocycles. The first-order valence-electron chi connectivity index (χ1n) is 7.41. The third kappa shape index (κ3) is 4.62. The number of nitrogens with one attached hydrogen (secondary N) is 1. The molecule has 1 N–H and O–H groups in total. The van der Waals surface area contributed by atoms with Gasteiger partial charge in [0.1, 0.15) is 5.75 Å². The number of ether oxygens (including phenoxy) is 1. The number of anilines is 1. The van der Waals surface area contributed by atoms with Gasteiger partial charge in [0.05, 0.1) is 17.7 Å². The van der Waals surface area contributed by atoms with E-state index in [1.807, 2.05) is 12.1 Å². The standard InChI is InChI=1S/C17H20ClNO3S/c1-3-4-5-13-6-9-15(10-7-13)23(20,21)19-16-12-14(18)8-11-17(16)22-2/h6-12,19H,3-5H2,1-2H3. The molecule has 23 heavy (non-hydrogen) atoms. The summed E-state index contributed by atoms with van der Waals surface area (Å²) in [5.41, 5.74) is 1.45. The van der Waals surface area contributed by atoms with Gasteiger partial charge in [-0.3, -0.25) is 4.72 Å². The van der Waals surface area contributed by atoms with Crippen LogP contribution in [-0.4, -0.2) is 15.5 Å². The summed E-state index contributed by atoms with van der Waals surface area (Å²) in [5, 5.41) is 0.429. The van der Waals surface area contributed by atoms with E-state index in [0.29, 0.717) is 16.5 Å². The Morgan fingerprint density at radius 3 is 2.43 bits per heavy atom. The maximum Gasteiger partial charge on any atom is 0.262 e. The summed E-state index contributed by atoms with van der Waals surface area (Å²) in [6.45, 7) is 2.13. The van der Waals surface area contributed by atoms with Gasteiger partial charge < -0.3 is 4.74 Å². The topological polar surface area (TPSA) is 55.4 Å². The molecule has 6 heteroatoms. The lowest BCUT2D eigenvalue weighted by atomic mass is 10.1. The van der Waals surface area contributed by atoms with Crippen LogP contribution < -0.4 is 9.46 Å². The number of unbranched alkanes of at least 4 members (excludes halogenated alkanes) is 1. The summed E-state index contributed by atoms with van der Waals surface area (Å²) in [4.78, 5) is 0.208. The third-order valence-electron chi connectivity index (χ3n) is 3.46. The third-order valence-corrected chi connectivity index (χ3v) is 5.08. The monoisotopic (exact) mass is 353 g/mol. The van der Waals surface area contributed by atoms with E-state index >= 15 is 0 Å². The number of halogens is 1. The maximum absolute atomic E-state index is 12.5. The second-order valence-corrected chi connectivity index (χ2v) is 7.32. The molecule has 2 aromatic carbocycles. The van der Waals surface area contributed by atoms with Crippen molar-refractivity contribution in [3.63, 3.8) is 0 Å². The Morgan fingerprint density at radius 1 is 1.13 bits per heavy atom. The molecule has 0 atom stereocenters. The van der Waals surface area contributed by atoms with Crippen molar-refractivity contribution in [1.29, 1.82) is 0 Å². The average Bonchev–Trinajstić information content (AvgIpc) is 2.53. The van der Waals surface area contributed by atoms with Crippen LogP contribution in [-0.2, 0) is 16.4 Å². The van der Waals surface area contributed by atoms with Gasteiger partial charge >= 0.3 is 0 Å². The molecule has 2 aromatic rings. The first-order valence-corrected chi connectivity index (χ1v) is 9.27. The molecule has 0 unspecified atom stereocenters. The van der Waals surface area contributed by atoms with E-state index in [1.54, 1.807) is 24.3 Å². The van der Waals surface area contributed by atoms with Gasteiger partial charge in [0.2, 0.25) is 0 Å². The largest absolute Gasteiger partial charge is 0.495 e. The van der Waals surface area contributed by atoms with Gasteiger partial charge in [-0.25, -0.2) is 8.42 Å². The summed E-state index contributed by atoms with van der Waals surface area (Å²) in [5.74, 6) is 0.414. The zero-order valence-electron chi connectivity index (χ0n) is 13.2. The normalized spacial score (nSPS) is 11.3. The summed E-state index contributed by atoms with van der Waals surface area (Å²) >= 11 is 5.93. The van der Waals surface area contributed by atoms with Gasteiger partial charge in [0, 0.05) is 5.02 Å². The zero-order chi connectivity index (χ0) is 16.9. The lowest BCUT2D eigenvalue weighted by Crippen LogP contribution is -2.13. The fraction of sp³-hybridized carbons (Fsp3) is 0.294. The minimum absolute atomic E-state index is 0.208. The van der Waals surface area contributed by atoms with Crippen LogP contribution in [0.1, 0.15) is 25.3 Å². The van der Waals surface area contributed by atoms with Crippen LogP contribution >= 0.6 is 11.6 Å². The Balaban J connectivity index is 2.23. The van der Waals surface area contributed by atoms with Crippen molar-refractivity contribution in [1.82, 2.24) is 0 Å². The highest BCUT2D eigenvalue weighted by Crippen LogP contribution is 2.29. The van der Waals surface area contributed by atoms with Gasteiger partial charge in [-0.05, 0) is 48.7 Å². The number of rotatable bonds is 7. The predicted molar refractivity (Wildman–Crippen MR) is 93.9 cm³/mol. The second-order valence-electron chi connectivity index (χ2n) is 5.20. The second kappa shape index (κ2) is 7.70. The van der Waals surface area contributed by atoms with Crippen LogP contribution in [0.5, 0.6) is 5.75 Å². The van der Waals surface area contributed by atoms with Gasteiger partial charge in [0.25, 0.3) is 10.0 Å². The molecule has 0 aliphatic heterocycles. The first-order chi connectivity index (χ1) is 11.0. The minimum Gasteiger partial charge on any atom is -0.495 e. The molecule has 0 fully saturated rings. The van der Waals surface area contributed by atoms with Crippen molar-refractivity contribution in [2.75, 3.05) is 11.8 Å². The molecular formula is C17H20ClNO3S. The van der Waals surface area contributed by atoms with Crippen LogP contribution in [0.4, 0.5) is 5.69 Å². The lowest BCUT2D eigenvalue weighted by Gasteiger charge is -2.12. The number of aryl methyl sites for hydroxylation is 1. The molecule has 0 aliphatic rings. The molecule has 0 heterocycles. The van der Waals surface area contributed by atoms with E-state index in [1.165, 1.54) is 13.2 Å². The summed E-state index contributed by atoms with van der Waals surface area (Å²) < 4.78 is 32.7. The average molecular weight is 354 g/mol. The van der Waals surface area contributed by atoms with E-state index < -0.39 is 10.0 Å². The molecule has 0 amide bonds. The number of methoxy groups -OCH3 is 1. The molecule has 124 valence electrons. The highest BCUT2D eigenvalue weighted by Gasteiger charge is 2.16. The molecule has 2 rings (SSSR count). The van der Waals surface area contributed by atoms with Gasteiger partial charge in [-0.2, -0.15) is 0 Å². The fourth-order valence-electron chi connectivity index (χ4n) is 2.18. The molecule has 0 spiro atoms. The van der Waals surface area contributed by atoms with E-state index in [-0.39, 0.29) is 4.90 Å². The predicted octanol–water partition coefficient (Wildman–Crippen LogP) is 4.49. The van der Waals surface area contributed by atoms with Crippen molar-refractivity contribution >= 4 is 27.3 Å². The molecular weight excluding hydrogens is 334 g/mol. The fourth-order valence-corrected chi connectivity index (χ4v) is 3.41. The molecule has 0 radical (unpaired) electrons. The Morgan fingerprint density at radius 2 is 1.83 bits per heavy atom. The summed E-state index contributed by atoms with van der Waals surface area (Å²) in [6.07, 6.45) is 3.15. The number of benzene rings is 2. The Bertz CT molecular complexity index is 758. The zero-order valence-corrected chi connectivity index (χ0v) is 14.7. The maximum atomic E-state index is 12.5. The van der Waals surface area contributed by atoms with E-state index in [2.05, 4.69) is 11.6 Å². The molecule has 4 nitrogen and oxygen atoms in total. The van der Waals surface area contributed by atoms with Crippen LogP contribution in [0.15, 0.2) is 47.4 Å². The van der Waals surface area contributed by atoms with E-state index in [0.717, 1.165) is 24.8 Å². The SMILES string of the molecule is CCCCc1ccc(S(=O)(=O)Nc2cc(Cl)ccc2OC)cc1. The van der Waals surface area contributed by atoms with Crippen molar-refractivity contribution in [3.05, 3.63) is 53.1 Å². The van der Waals surface area contributed by atoms with Crippen LogP contribution in [0.25, 0.3) is 0 Å². The molecule has 0 bridgehead atoms. The minimum atomic E-state index is -3.69. The van der Waals surface area contributed by atoms with E-state index in [9.17, 15) is 8.42 Å². The Hall–Kier alpha value is -1.72. The smallest absolute Gasteiger partial charge is 0.262 e. The van der Waals surface area contributed by atoms with Crippen LogP contribution in [0, 0.1) is 0 Å². The summed E-state index contributed by atoms with van der Waals surface area (Å²) in [6, 6.07) is 11.7. The van der Waals surface area contributed by atoms with Gasteiger partial charge in [-0.1, -0.05) is 37.1 Å². The lowest BCUT2D eigenvalue weighted by molar-refractivity contribution is 0.417. The van der Waals surface area contributed by atoms with Crippen molar-refractivity contribution in [2.24, 2.45) is 0 Å². The quantitative estimate of drug-likeness (QED) is 0.797. The molecule has 0 saturated carbocycles. The number of hydrogen-bond acceptors (Lipinski definition) is 3. The van der Waals surface area contributed by atoms with Crippen LogP contribution in [0.3, 0.4) is 0 Å².